The van der Waals surface area contributed by atoms with Crippen LogP contribution in [0.5, 0.6) is 5.75 Å². The fourth-order valence-electron chi connectivity index (χ4n) is 2.51. The number of alkyl halides is 2. The molecular weight excluding hydrogens is 398 g/mol. The summed E-state index contributed by atoms with van der Waals surface area (Å²) >= 11 is 1.75. The van der Waals surface area contributed by atoms with Gasteiger partial charge < -0.3 is 15.4 Å². The highest BCUT2D eigenvalue weighted by Crippen LogP contribution is 2.19. The molecule has 152 valence electrons. The SMILES string of the molecule is CN=C(NCCS(=O)(=O)N1CCSCC1)NCc1ccccc1OC(F)F. The summed E-state index contributed by atoms with van der Waals surface area (Å²) in [7, 11) is -1.75. The smallest absolute Gasteiger partial charge is 0.387 e. The van der Waals surface area contributed by atoms with E-state index in [1.54, 1.807) is 37.0 Å². The zero-order chi connectivity index (χ0) is 19.7. The Balaban J connectivity index is 1.83. The molecule has 0 radical (unpaired) electrons. The number of nitrogens with zero attached hydrogens (tertiary/aromatic N) is 2. The quantitative estimate of drug-likeness (QED) is 0.486. The van der Waals surface area contributed by atoms with E-state index in [9.17, 15) is 17.2 Å². The van der Waals surface area contributed by atoms with Gasteiger partial charge in [-0.2, -0.15) is 20.5 Å². The summed E-state index contributed by atoms with van der Waals surface area (Å²) in [5.74, 6) is 2.06. The van der Waals surface area contributed by atoms with Crippen molar-refractivity contribution in [1.29, 1.82) is 0 Å². The predicted octanol–water partition coefficient (Wildman–Crippen LogP) is 1.33. The lowest BCUT2D eigenvalue weighted by atomic mass is 10.2. The second-order valence-corrected chi connectivity index (χ2v) is 8.98. The molecule has 0 bridgehead atoms. The Morgan fingerprint density at radius 3 is 2.67 bits per heavy atom. The van der Waals surface area contributed by atoms with E-state index in [1.165, 1.54) is 10.4 Å². The first-order chi connectivity index (χ1) is 12.9. The Bertz CT molecular complexity index is 726. The molecule has 1 aliphatic rings. The standard InChI is InChI=1S/C16H24F2N4O3S2/c1-19-16(20-6-11-27(23,24)22-7-9-26-10-8-22)21-12-13-4-2-3-5-14(13)25-15(17)18/h2-5,15H,6-12H2,1H3,(H2,19,20,21). The number of halogens is 2. The maximum atomic E-state index is 12.5. The Labute approximate surface area is 162 Å². The molecule has 11 heteroatoms. The first-order valence-electron chi connectivity index (χ1n) is 8.45. The summed E-state index contributed by atoms with van der Waals surface area (Å²) in [6, 6.07) is 6.45. The van der Waals surface area contributed by atoms with Crippen LogP contribution in [-0.4, -0.2) is 69.2 Å². The molecule has 1 fully saturated rings. The topological polar surface area (TPSA) is 83.0 Å². The summed E-state index contributed by atoms with van der Waals surface area (Å²) in [6.07, 6.45) is 0. The maximum Gasteiger partial charge on any atom is 0.387 e. The lowest BCUT2D eigenvalue weighted by molar-refractivity contribution is -0.0504. The normalized spacial score (nSPS) is 16.4. The molecule has 0 saturated carbocycles. The summed E-state index contributed by atoms with van der Waals surface area (Å²) in [5.41, 5.74) is 0.541. The fourth-order valence-corrected chi connectivity index (χ4v) is 5.00. The van der Waals surface area contributed by atoms with Crippen molar-refractivity contribution in [3.63, 3.8) is 0 Å². The van der Waals surface area contributed by atoms with Crippen LogP contribution < -0.4 is 15.4 Å². The van der Waals surface area contributed by atoms with E-state index < -0.39 is 16.6 Å². The first kappa shape index (κ1) is 21.7. The Morgan fingerprint density at radius 2 is 2.00 bits per heavy atom. The van der Waals surface area contributed by atoms with Gasteiger partial charge in [-0.15, -0.1) is 0 Å². The number of nitrogens with one attached hydrogen (secondary N) is 2. The van der Waals surface area contributed by atoms with E-state index in [4.69, 9.17) is 0 Å². The fraction of sp³-hybridized carbons (Fsp3) is 0.562. The first-order valence-corrected chi connectivity index (χ1v) is 11.2. The van der Waals surface area contributed by atoms with Crippen LogP contribution in [0.15, 0.2) is 29.3 Å². The molecule has 0 atom stereocenters. The highest BCUT2D eigenvalue weighted by atomic mass is 32.2. The monoisotopic (exact) mass is 422 g/mol. The van der Waals surface area contributed by atoms with Gasteiger partial charge in [0.2, 0.25) is 10.0 Å². The van der Waals surface area contributed by atoms with Crippen LogP contribution in [0.4, 0.5) is 8.78 Å². The lowest BCUT2D eigenvalue weighted by Crippen LogP contribution is -2.44. The lowest BCUT2D eigenvalue weighted by Gasteiger charge is -2.25. The molecule has 1 heterocycles. The molecule has 1 saturated heterocycles. The molecule has 0 aromatic heterocycles. The third-order valence-corrected chi connectivity index (χ3v) is 6.69. The minimum Gasteiger partial charge on any atom is -0.434 e. The minimum absolute atomic E-state index is 0.0382. The molecule has 0 amide bonds. The number of thioether (sulfide) groups is 1. The molecule has 1 aliphatic heterocycles. The van der Waals surface area contributed by atoms with Crippen molar-refractivity contribution < 1.29 is 21.9 Å². The average Bonchev–Trinajstić information content (AvgIpc) is 2.66. The van der Waals surface area contributed by atoms with Crippen LogP contribution in [0.25, 0.3) is 0 Å². The van der Waals surface area contributed by atoms with Crippen molar-refractivity contribution in [3.8, 4) is 5.75 Å². The van der Waals surface area contributed by atoms with E-state index in [1.807, 2.05) is 0 Å². The van der Waals surface area contributed by atoms with E-state index in [0.717, 1.165) is 11.5 Å². The number of rotatable bonds is 8. The molecule has 1 aromatic carbocycles. The third kappa shape index (κ3) is 7.15. The summed E-state index contributed by atoms with van der Waals surface area (Å²) in [6.45, 7) is -1.41. The summed E-state index contributed by atoms with van der Waals surface area (Å²) < 4.78 is 55.5. The molecule has 0 aliphatic carbocycles. The molecule has 0 spiro atoms. The van der Waals surface area contributed by atoms with Gasteiger partial charge in [0.25, 0.3) is 0 Å². The van der Waals surface area contributed by atoms with Gasteiger partial charge in [-0.25, -0.2) is 12.7 Å². The van der Waals surface area contributed by atoms with Crippen molar-refractivity contribution >= 4 is 27.7 Å². The number of para-hydroxylation sites is 1. The van der Waals surface area contributed by atoms with Crippen molar-refractivity contribution in [2.75, 3.05) is 43.9 Å². The van der Waals surface area contributed by atoms with E-state index in [-0.39, 0.29) is 24.6 Å². The Kier molecular flexibility index (Phi) is 8.58. The number of hydrogen-bond donors (Lipinski definition) is 2. The van der Waals surface area contributed by atoms with Gasteiger partial charge in [0.05, 0.1) is 5.75 Å². The molecule has 2 N–H and O–H groups in total. The predicted molar refractivity (Wildman–Crippen MR) is 104 cm³/mol. The number of benzene rings is 1. The Morgan fingerprint density at radius 1 is 1.30 bits per heavy atom. The van der Waals surface area contributed by atoms with E-state index in [2.05, 4.69) is 20.4 Å². The molecule has 0 unspecified atom stereocenters. The second-order valence-electron chi connectivity index (χ2n) is 5.67. The Hall–Kier alpha value is -1.59. The average molecular weight is 423 g/mol. The molecule has 1 aromatic rings. The zero-order valence-corrected chi connectivity index (χ0v) is 16.7. The highest BCUT2D eigenvalue weighted by Gasteiger charge is 2.23. The van der Waals surface area contributed by atoms with E-state index >= 15 is 0 Å². The summed E-state index contributed by atoms with van der Waals surface area (Å²) in [5, 5.41) is 5.90. The minimum atomic E-state index is -3.30. The number of guanidine groups is 1. The van der Waals surface area contributed by atoms with Crippen molar-refractivity contribution in [1.82, 2.24) is 14.9 Å². The van der Waals surface area contributed by atoms with Crippen molar-refractivity contribution in [2.24, 2.45) is 4.99 Å². The second kappa shape index (κ2) is 10.7. The third-order valence-electron chi connectivity index (χ3n) is 3.87. The van der Waals surface area contributed by atoms with Crippen LogP contribution in [0.2, 0.25) is 0 Å². The van der Waals surface area contributed by atoms with Crippen molar-refractivity contribution in [3.05, 3.63) is 29.8 Å². The van der Waals surface area contributed by atoms with E-state index in [0.29, 0.717) is 24.6 Å². The molecule has 2 rings (SSSR count). The van der Waals surface area contributed by atoms with Gasteiger partial charge in [-0.1, -0.05) is 18.2 Å². The zero-order valence-electron chi connectivity index (χ0n) is 15.0. The van der Waals surface area contributed by atoms with Crippen molar-refractivity contribution in [2.45, 2.75) is 13.2 Å². The largest absolute Gasteiger partial charge is 0.434 e. The molecule has 27 heavy (non-hydrogen) atoms. The molecular formula is C16H24F2N4O3S2. The van der Waals surface area contributed by atoms with Gasteiger partial charge in [0.1, 0.15) is 5.75 Å². The van der Waals surface area contributed by atoms with Crippen LogP contribution in [0.3, 0.4) is 0 Å². The van der Waals surface area contributed by atoms with Crippen LogP contribution in [0, 0.1) is 0 Å². The maximum absolute atomic E-state index is 12.5. The summed E-state index contributed by atoms with van der Waals surface area (Å²) in [4.78, 5) is 4.02. The number of sulfonamides is 1. The van der Waals surface area contributed by atoms with Gasteiger partial charge in [-0.3, -0.25) is 4.99 Å². The molecule has 7 nitrogen and oxygen atoms in total. The van der Waals surface area contributed by atoms with Crippen LogP contribution in [-0.2, 0) is 16.6 Å². The van der Waals surface area contributed by atoms with Crippen LogP contribution >= 0.6 is 11.8 Å². The highest BCUT2D eigenvalue weighted by molar-refractivity contribution is 7.99. The number of hydrogen-bond acceptors (Lipinski definition) is 5. The number of aliphatic imine (C=N–C) groups is 1. The van der Waals surface area contributed by atoms with Gasteiger partial charge in [0, 0.05) is 50.3 Å². The number of ether oxygens (including phenoxy) is 1. The van der Waals surface area contributed by atoms with Crippen LogP contribution in [0.1, 0.15) is 5.56 Å². The van der Waals surface area contributed by atoms with Gasteiger partial charge in [0.15, 0.2) is 5.96 Å². The van der Waals surface area contributed by atoms with Gasteiger partial charge in [-0.05, 0) is 6.07 Å². The van der Waals surface area contributed by atoms with Gasteiger partial charge >= 0.3 is 6.61 Å².